The van der Waals surface area contributed by atoms with E-state index in [2.05, 4.69) is 5.32 Å². The Kier molecular flexibility index (Phi) is 8.10. The van der Waals surface area contributed by atoms with Gasteiger partial charge in [-0.15, -0.1) is 12.4 Å². The summed E-state index contributed by atoms with van der Waals surface area (Å²) in [4.78, 5) is 26.5. The third kappa shape index (κ3) is 5.96. The summed E-state index contributed by atoms with van der Waals surface area (Å²) in [7, 11) is 0. The van der Waals surface area contributed by atoms with Gasteiger partial charge in [0.15, 0.2) is 0 Å². The quantitative estimate of drug-likeness (QED) is 0.745. The van der Waals surface area contributed by atoms with Gasteiger partial charge in [-0.25, -0.2) is 0 Å². The van der Waals surface area contributed by atoms with Gasteiger partial charge >= 0.3 is 5.97 Å². The molecule has 27 heavy (non-hydrogen) atoms. The van der Waals surface area contributed by atoms with Crippen molar-refractivity contribution >= 4 is 35.9 Å². The standard InChI is InChI=1S/C20H21ClN2O3.ClH/c21-17-9-5-4-8-16(17)13-23-11-10-22-18(20(23)25)12-19(24)26-14-15-6-2-1-3-7-15;/h1-9,18,22H,10-14H2;1H. The Hall–Kier alpha value is -2.08. The number of carbonyl (C=O) groups is 2. The molecule has 1 unspecified atom stereocenters. The number of hydrogen-bond acceptors (Lipinski definition) is 4. The minimum Gasteiger partial charge on any atom is -0.461 e. The summed E-state index contributed by atoms with van der Waals surface area (Å²) in [6.45, 7) is 1.87. The first-order chi connectivity index (χ1) is 12.6. The molecule has 3 rings (SSSR count). The lowest BCUT2D eigenvalue weighted by Gasteiger charge is -2.33. The van der Waals surface area contributed by atoms with Gasteiger partial charge in [-0.2, -0.15) is 0 Å². The van der Waals surface area contributed by atoms with Gasteiger partial charge < -0.3 is 15.0 Å². The Morgan fingerprint density at radius 1 is 1.15 bits per heavy atom. The van der Waals surface area contributed by atoms with E-state index in [1.165, 1.54) is 0 Å². The molecule has 0 aromatic heterocycles. The van der Waals surface area contributed by atoms with E-state index in [0.717, 1.165) is 11.1 Å². The number of amides is 1. The van der Waals surface area contributed by atoms with E-state index < -0.39 is 6.04 Å². The number of nitrogens with one attached hydrogen (secondary N) is 1. The van der Waals surface area contributed by atoms with Gasteiger partial charge in [-0.1, -0.05) is 60.1 Å². The van der Waals surface area contributed by atoms with E-state index in [-0.39, 0.29) is 37.3 Å². The number of piperazine rings is 1. The van der Waals surface area contributed by atoms with Gasteiger partial charge in [0.2, 0.25) is 5.91 Å². The molecule has 0 saturated carbocycles. The van der Waals surface area contributed by atoms with Gasteiger partial charge in [0.25, 0.3) is 0 Å². The van der Waals surface area contributed by atoms with Gasteiger partial charge in [-0.05, 0) is 17.2 Å². The van der Waals surface area contributed by atoms with E-state index in [1.54, 1.807) is 4.90 Å². The molecule has 1 heterocycles. The minimum absolute atomic E-state index is 0. The molecule has 0 aliphatic carbocycles. The number of halogens is 2. The molecule has 1 aliphatic rings. The van der Waals surface area contributed by atoms with Crippen LogP contribution in [-0.2, 0) is 27.5 Å². The fourth-order valence-corrected chi connectivity index (χ4v) is 3.10. The molecular weight excluding hydrogens is 387 g/mol. The number of hydrogen-bond donors (Lipinski definition) is 1. The van der Waals surface area contributed by atoms with Crippen LogP contribution in [0.5, 0.6) is 0 Å². The molecule has 1 amide bonds. The lowest BCUT2D eigenvalue weighted by atomic mass is 10.1. The topological polar surface area (TPSA) is 58.6 Å². The fraction of sp³-hybridized carbons (Fsp3) is 0.300. The molecule has 0 radical (unpaired) electrons. The van der Waals surface area contributed by atoms with Crippen molar-refractivity contribution in [3.63, 3.8) is 0 Å². The number of rotatable bonds is 6. The van der Waals surface area contributed by atoms with Crippen LogP contribution in [-0.4, -0.2) is 35.9 Å². The smallest absolute Gasteiger partial charge is 0.308 e. The molecule has 2 aromatic carbocycles. The van der Waals surface area contributed by atoms with Crippen molar-refractivity contribution in [2.24, 2.45) is 0 Å². The molecule has 1 N–H and O–H groups in total. The van der Waals surface area contributed by atoms with Crippen LogP contribution >= 0.6 is 24.0 Å². The van der Waals surface area contributed by atoms with E-state index >= 15 is 0 Å². The zero-order valence-corrected chi connectivity index (χ0v) is 16.3. The molecular formula is C20H22Cl2N2O3. The molecule has 1 atom stereocenters. The average Bonchev–Trinajstić information content (AvgIpc) is 2.66. The SMILES string of the molecule is Cl.O=C(CC1NCCN(Cc2ccccc2Cl)C1=O)OCc1ccccc1. The second kappa shape index (κ2) is 10.3. The summed E-state index contributed by atoms with van der Waals surface area (Å²) < 4.78 is 5.28. The largest absolute Gasteiger partial charge is 0.461 e. The Morgan fingerprint density at radius 2 is 1.85 bits per heavy atom. The summed E-state index contributed by atoms with van der Waals surface area (Å²) >= 11 is 6.18. The second-order valence-electron chi connectivity index (χ2n) is 6.21. The van der Waals surface area contributed by atoms with Gasteiger partial charge in [-0.3, -0.25) is 9.59 Å². The lowest BCUT2D eigenvalue weighted by molar-refractivity contribution is -0.149. The van der Waals surface area contributed by atoms with Crippen LogP contribution in [0.3, 0.4) is 0 Å². The molecule has 1 aliphatic heterocycles. The Morgan fingerprint density at radius 3 is 2.59 bits per heavy atom. The van der Waals surface area contributed by atoms with Crippen molar-refractivity contribution in [3.8, 4) is 0 Å². The first kappa shape index (κ1) is 21.2. The summed E-state index contributed by atoms with van der Waals surface area (Å²) in [5.74, 6) is -0.493. The maximum Gasteiger partial charge on any atom is 0.308 e. The molecule has 144 valence electrons. The van der Waals surface area contributed by atoms with Crippen molar-refractivity contribution in [1.82, 2.24) is 10.2 Å². The van der Waals surface area contributed by atoms with Crippen LogP contribution in [0.15, 0.2) is 54.6 Å². The van der Waals surface area contributed by atoms with Crippen molar-refractivity contribution in [2.75, 3.05) is 13.1 Å². The highest BCUT2D eigenvalue weighted by Crippen LogP contribution is 2.18. The molecule has 7 heteroatoms. The summed E-state index contributed by atoms with van der Waals surface area (Å²) in [6, 6.07) is 16.4. The van der Waals surface area contributed by atoms with E-state index in [9.17, 15) is 9.59 Å². The summed E-state index contributed by atoms with van der Waals surface area (Å²) in [5.41, 5.74) is 1.82. The Balaban J connectivity index is 0.00000261. The van der Waals surface area contributed by atoms with Crippen LogP contribution in [0.25, 0.3) is 0 Å². The number of carbonyl (C=O) groups excluding carboxylic acids is 2. The normalized spacial score (nSPS) is 16.6. The number of ether oxygens (including phenoxy) is 1. The highest BCUT2D eigenvalue weighted by Gasteiger charge is 2.30. The molecule has 1 saturated heterocycles. The molecule has 1 fully saturated rings. The van der Waals surface area contributed by atoms with Crippen LogP contribution in [0.4, 0.5) is 0 Å². The molecule has 0 spiro atoms. The summed E-state index contributed by atoms with van der Waals surface area (Å²) in [6.07, 6.45) is 0.0185. The average molecular weight is 409 g/mol. The van der Waals surface area contributed by atoms with Crippen molar-refractivity contribution in [1.29, 1.82) is 0 Å². The molecule has 5 nitrogen and oxygen atoms in total. The first-order valence-corrected chi connectivity index (χ1v) is 8.96. The third-order valence-electron chi connectivity index (χ3n) is 4.31. The van der Waals surface area contributed by atoms with Crippen LogP contribution in [0, 0.1) is 0 Å². The zero-order valence-electron chi connectivity index (χ0n) is 14.8. The summed E-state index contributed by atoms with van der Waals surface area (Å²) in [5, 5.41) is 3.74. The van der Waals surface area contributed by atoms with Gasteiger partial charge in [0, 0.05) is 24.7 Å². The third-order valence-corrected chi connectivity index (χ3v) is 4.68. The highest BCUT2D eigenvalue weighted by atomic mass is 35.5. The predicted molar refractivity (Wildman–Crippen MR) is 107 cm³/mol. The minimum atomic E-state index is -0.561. The Labute approximate surface area is 170 Å². The van der Waals surface area contributed by atoms with Crippen LogP contribution in [0.2, 0.25) is 5.02 Å². The molecule has 0 bridgehead atoms. The first-order valence-electron chi connectivity index (χ1n) is 8.58. The lowest BCUT2D eigenvalue weighted by Crippen LogP contribution is -2.55. The zero-order chi connectivity index (χ0) is 18.4. The van der Waals surface area contributed by atoms with Crippen LogP contribution in [0.1, 0.15) is 17.5 Å². The van der Waals surface area contributed by atoms with Gasteiger partial charge in [0.05, 0.1) is 12.5 Å². The van der Waals surface area contributed by atoms with Crippen molar-refractivity contribution in [2.45, 2.75) is 25.6 Å². The van der Waals surface area contributed by atoms with E-state index in [4.69, 9.17) is 16.3 Å². The maximum absolute atomic E-state index is 12.7. The predicted octanol–water partition coefficient (Wildman–Crippen LogP) is 3.20. The maximum atomic E-state index is 12.7. The Bertz CT molecular complexity index is 771. The van der Waals surface area contributed by atoms with Crippen molar-refractivity contribution in [3.05, 3.63) is 70.7 Å². The number of nitrogens with zero attached hydrogens (tertiary/aromatic N) is 1. The van der Waals surface area contributed by atoms with E-state index in [0.29, 0.717) is 24.7 Å². The number of esters is 1. The monoisotopic (exact) mass is 408 g/mol. The second-order valence-corrected chi connectivity index (χ2v) is 6.62. The highest BCUT2D eigenvalue weighted by molar-refractivity contribution is 6.31. The number of benzene rings is 2. The fourth-order valence-electron chi connectivity index (χ4n) is 2.90. The van der Waals surface area contributed by atoms with Crippen LogP contribution < -0.4 is 5.32 Å². The molecule has 2 aromatic rings. The van der Waals surface area contributed by atoms with Gasteiger partial charge in [0.1, 0.15) is 6.61 Å². The van der Waals surface area contributed by atoms with Crippen molar-refractivity contribution < 1.29 is 14.3 Å². The van der Waals surface area contributed by atoms with E-state index in [1.807, 2.05) is 54.6 Å².